The van der Waals surface area contributed by atoms with Gasteiger partial charge in [-0.1, -0.05) is 18.2 Å². The Morgan fingerprint density at radius 3 is 2.94 bits per heavy atom. The van der Waals surface area contributed by atoms with Gasteiger partial charge in [0.25, 0.3) is 0 Å². The van der Waals surface area contributed by atoms with Crippen molar-refractivity contribution in [2.24, 2.45) is 0 Å². The van der Waals surface area contributed by atoms with Gasteiger partial charge in [0.05, 0.1) is 12.1 Å². The fourth-order valence-electron chi connectivity index (χ4n) is 1.69. The molecule has 5 nitrogen and oxygen atoms in total. The van der Waals surface area contributed by atoms with Crippen molar-refractivity contribution in [3.8, 4) is 0 Å². The molecule has 0 aliphatic heterocycles. The average molecular weight is 246 g/mol. The zero-order chi connectivity index (χ0) is 13.0. The summed E-state index contributed by atoms with van der Waals surface area (Å²) in [5, 5.41) is 13.0. The van der Waals surface area contributed by atoms with Crippen LogP contribution in [0, 0.1) is 0 Å². The molecular weight excluding hydrogens is 232 g/mol. The highest BCUT2D eigenvalue weighted by atomic mass is 16.5. The van der Waals surface area contributed by atoms with E-state index in [1.165, 1.54) is 0 Å². The van der Waals surface area contributed by atoms with Gasteiger partial charge in [0.1, 0.15) is 11.4 Å². The van der Waals surface area contributed by atoms with E-state index in [0.29, 0.717) is 19.0 Å². The largest absolute Gasteiger partial charge is 0.478 e. The SMILES string of the molecule is COCCNc1nc2ccccc2cc1C(=O)O. The Morgan fingerprint density at radius 1 is 1.44 bits per heavy atom. The van der Waals surface area contributed by atoms with Crippen LogP contribution in [0.15, 0.2) is 30.3 Å². The predicted molar refractivity (Wildman–Crippen MR) is 69.1 cm³/mol. The molecule has 1 aromatic heterocycles. The number of para-hydroxylation sites is 1. The molecule has 0 spiro atoms. The molecule has 0 saturated heterocycles. The fraction of sp³-hybridized carbons (Fsp3) is 0.231. The van der Waals surface area contributed by atoms with E-state index in [1.54, 1.807) is 13.2 Å². The van der Waals surface area contributed by atoms with Gasteiger partial charge in [-0.15, -0.1) is 0 Å². The van der Waals surface area contributed by atoms with Crippen molar-refractivity contribution in [2.45, 2.75) is 0 Å². The fourth-order valence-corrected chi connectivity index (χ4v) is 1.69. The van der Waals surface area contributed by atoms with Crippen LogP contribution in [0.2, 0.25) is 0 Å². The quantitative estimate of drug-likeness (QED) is 0.789. The standard InChI is InChI=1S/C13H14N2O3/c1-18-7-6-14-12-10(13(16)17)8-9-4-2-3-5-11(9)15-12/h2-5,8H,6-7H2,1H3,(H,14,15)(H,16,17). The molecule has 5 heteroatoms. The normalized spacial score (nSPS) is 10.5. The number of carboxylic acid groups (broad SMARTS) is 1. The molecule has 0 unspecified atom stereocenters. The van der Waals surface area contributed by atoms with Crippen molar-refractivity contribution < 1.29 is 14.6 Å². The first-order chi connectivity index (χ1) is 8.72. The maximum absolute atomic E-state index is 11.2. The first kappa shape index (κ1) is 12.3. The Bertz CT molecular complexity index is 569. The molecule has 94 valence electrons. The molecule has 0 saturated carbocycles. The summed E-state index contributed by atoms with van der Waals surface area (Å²) >= 11 is 0. The number of fused-ring (bicyclic) bond motifs is 1. The monoisotopic (exact) mass is 246 g/mol. The average Bonchev–Trinajstić information content (AvgIpc) is 2.38. The Labute approximate surface area is 104 Å². The smallest absolute Gasteiger partial charge is 0.339 e. The molecule has 0 radical (unpaired) electrons. The zero-order valence-electron chi connectivity index (χ0n) is 10.0. The van der Waals surface area contributed by atoms with E-state index in [0.717, 1.165) is 10.9 Å². The van der Waals surface area contributed by atoms with Gasteiger partial charge in [-0.3, -0.25) is 0 Å². The summed E-state index contributed by atoms with van der Waals surface area (Å²) in [5.74, 6) is -0.619. The minimum absolute atomic E-state index is 0.171. The minimum atomic E-state index is -0.992. The number of aromatic carboxylic acids is 1. The predicted octanol–water partition coefficient (Wildman–Crippen LogP) is 1.99. The van der Waals surface area contributed by atoms with E-state index >= 15 is 0 Å². The number of hydrogen-bond donors (Lipinski definition) is 2. The number of methoxy groups -OCH3 is 1. The van der Waals surface area contributed by atoms with Crippen LogP contribution >= 0.6 is 0 Å². The van der Waals surface area contributed by atoms with Crippen LogP contribution in [0.3, 0.4) is 0 Å². The molecule has 0 fully saturated rings. The first-order valence-corrected chi connectivity index (χ1v) is 5.58. The second-order valence-corrected chi connectivity index (χ2v) is 3.80. The Kier molecular flexibility index (Phi) is 3.74. The number of nitrogens with zero attached hydrogens (tertiary/aromatic N) is 1. The van der Waals surface area contributed by atoms with Crippen LogP contribution in [-0.4, -0.2) is 36.3 Å². The topological polar surface area (TPSA) is 71.5 Å². The molecule has 0 atom stereocenters. The number of aromatic nitrogens is 1. The molecule has 0 amide bonds. The Morgan fingerprint density at radius 2 is 2.22 bits per heavy atom. The number of hydrogen-bond acceptors (Lipinski definition) is 4. The number of nitrogens with one attached hydrogen (secondary N) is 1. The number of rotatable bonds is 5. The number of pyridine rings is 1. The number of carbonyl (C=O) groups is 1. The molecule has 2 rings (SSSR count). The van der Waals surface area contributed by atoms with Crippen LogP contribution in [-0.2, 0) is 4.74 Å². The lowest BCUT2D eigenvalue weighted by atomic mass is 10.1. The van der Waals surface area contributed by atoms with Crippen molar-refractivity contribution >= 4 is 22.7 Å². The van der Waals surface area contributed by atoms with E-state index < -0.39 is 5.97 Å². The molecule has 0 aliphatic rings. The van der Waals surface area contributed by atoms with Crippen molar-refractivity contribution in [1.82, 2.24) is 4.98 Å². The minimum Gasteiger partial charge on any atom is -0.478 e. The number of ether oxygens (including phenoxy) is 1. The van der Waals surface area contributed by atoms with Gasteiger partial charge in [-0.05, 0) is 12.1 Å². The van der Waals surface area contributed by atoms with Crippen LogP contribution < -0.4 is 5.32 Å². The summed E-state index contributed by atoms with van der Waals surface area (Å²) < 4.78 is 4.91. The molecular formula is C13H14N2O3. The first-order valence-electron chi connectivity index (χ1n) is 5.58. The molecule has 2 N–H and O–H groups in total. The van der Waals surface area contributed by atoms with E-state index in [-0.39, 0.29) is 5.56 Å². The molecule has 0 aliphatic carbocycles. The number of benzene rings is 1. The summed E-state index contributed by atoms with van der Waals surface area (Å²) in [6, 6.07) is 9.04. The molecule has 1 heterocycles. The van der Waals surface area contributed by atoms with E-state index in [2.05, 4.69) is 10.3 Å². The molecule has 0 bridgehead atoms. The van der Waals surface area contributed by atoms with E-state index in [9.17, 15) is 9.90 Å². The van der Waals surface area contributed by atoms with Gasteiger partial charge in [0.15, 0.2) is 0 Å². The second-order valence-electron chi connectivity index (χ2n) is 3.80. The van der Waals surface area contributed by atoms with Crippen molar-refractivity contribution in [1.29, 1.82) is 0 Å². The van der Waals surface area contributed by atoms with Crippen molar-refractivity contribution in [3.63, 3.8) is 0 Å². The zero-order valence-corrected chi connectivity index (χ0v) is 10.0. The van der Waals surface area contributed by atoms with Gasteiger partial charge in [-0.2, -0.15) is 0 Å². The van der Waals surface area contributed by atoms with Crippen LogP contribution in [0.5, 0.6) is 0 Å². The number of anilines is 1. The van der Waals surface area contributed by atoms with Crippen LogP contribution in [0.4, 0.5) is 5.82 Å². The van der Waals surface area contributed by atoms with Gasteiger partial charge in [-0.25, -0.2) is 9.78 Å². The summed E-state index contributed by atoms with van der Waals surface area (Å²) in [4.78, 5) is 15.5. The highest BCUT2D eigenvalue weighted by Crippen LogP contribution is 2.20. The van der Waals surface area contributed by atoms with Crippen LogP contribution in [0.25, 0.3) is 10.9 Å². The summed E-state index contributed by atoms with van der Waals surface area (Å²) in [6.45, 7) is 1.01. The lowest BCUT2D eigenvalue weighted by molar-refractivity contribution is 0.0697. The Balaban J connectivity index is 2.41. The number of carboxylic acids is 1. The lowest BCUT2D eigenvalue weighted by Gasteiger charge is -2.09. The summed E-state index contributed by atoms with van der Waals surface area (Å²) in [6.07, 6.45) is 0. The summed E-state index contributed by atoms with van der Waals surface area (Å²) in [7, 11) is 1.59. The molecule has 2 aromatic rings. The van der Waals surface area contributed by atoms with Crippen LogP contribution in [0.1, 0.15) is 10.4 Å². The summed E-state index contributed by atoms with van der Waals surface area (Å²) in [5.41, 5.74) is 0.937. The van der Waals surface area contributed by atoms with Gasteiger partial charge < -0.3 is 15.2 Å². The van der Waals surface area contributed by atoms with E-state index in [1.807, 2.05) is 24.3 Å². The molecule has 18 heavy (non-hydrogen) atoms. The third-order valence-electron chi connectivity index (χ3n) is 2.55. The second kappa shape index (κ2) is 5.46. The molecule has 1 aromatic carbocycles. The van der Waals surface area contributed by atoms with Gasteiger partial charge >= 0.3 is 5.97 Å². The maximum atomic E-state index is 11.2. The Hall–Kier alpha value is -2.14. The highest BCUT2D eigenvalue weighted by Gasteiger charge is 2.12. The highest BCUT2D eigenvalue weighted by molar-refractivity contribution is 5.98. The van der Waals surface area contributed by atoms with Gasteiger partial charge in [0, 0.05) is 19.0 Å². The lowest BCUT2D eigenvalue weighted by Crippen LogP contribution is -2.13. The maximum Gasteiger partial charge on any atom is 0.339 e. The third kappa shape index (κ3) is 2.57. The van der Waals surface area contributed by atoms with Crippen molar-refractivity contribution in [3.05, 3.63) is 35.9 Å². The van der Waals surface area contributed by atoms with Gasteiger partial charge in [0.2, 0.25) is 0 Å². The third-order valence-corrected chi connectivity index (χ3v) is 2.55. The van der Waals surface area contributed by atoms with E-state index in [4.69, 9.17) is 4.74 Å². The van der Waals surface area contributed by atoms with Crippen molar-refractivity contribution in [2.75, 3.05) is 25.6 Å².